The predicted molar refractivity (Wildman–Crippen MR) is 122 cm³/mol. The lowest BCUT2D eigenvalue weighted by Crippen LogP contribution is -2.06. The van der Waals surface area contributed by atoms with Crippen LogP contribution in [0.1, 0.15) is 6.92 Å². The minimum Gasteiger partial charge on any atom is -0.397 e. The zero-order chi connectivity index (χ0) is 19.4. The molecule has 0 saturated heterocycles. The van der Waals surface area contributed by atoms with Crippen LogP contribution < -0.4 is 11.1 Å². The fourth-order valence-corrected chi connectivity index (χ4v) is 3.61. The number of halogens is 2. The highest BCUT2D eigenvalue weighted by molar-refractivity contribution is 9.11. The summed E-state index contributed by atoms with van der Waals surface area (Å²) in [5, 5.41) is 7.27. The van der Waals surface area contributed by atoms with E-state index in [1.165, 1.54) is 12.3 Å². The molecule has 5 heteroatoms. The van der Waals surface area contributed by atoms with Crippen molar-refractivity contribution in [1.82, 2.24) is 0 Å². The second-order valence-corrected chi connectivity index (χ2v) is 7.72. The third-order valence-corrected chi connectivity index (χ3v) is 5.45. The van der Waals surface area contributed by atoms with Gasteiger partial charge in [0, 0.05) is 26.6 Å². The summed E-state index contributed by atoms with van der Waals surface area (Å²) in [5.41, 5.74) is 7.52. The van der Waals surface area contributed by atoms with E-state index < -0.39 is 0 Å². The molecule has 0 aliphatic heterocycles. The van der Waals surface area contributed by atoms with Gasteiger partial charge in [-0.3, -0.25) is 4.79 Å². The minimum atomic E-state index is -0.0629. The Labute approximate surface area is 174 Å². The van der Waals surface area contributed by atoms with Crippen molar-refractivity contribution in [2.45, 2.75) is 6.92 Å². The van der Waals surface area contributed by atoms with Gasteiger partial charge >= 0.3 is 0 Å². The van der Waals surface area contributed by atoms with Crippen molar-refractivity contribution in [3.63, 3.8) is 0 Å². The standard InChI is InChI=1S/C12H10BrNO.C10H8BrN/c1-8(15)14-12-10-5-3-2-4-9(10)6-7-11(12)13;11-9-6-5-7-3-1-2-4-8(7)10(9)12/h2-7H,1H3,(H,14,15);1-6H,12H2. The van der Waals surface area contributed by atoms with Crippen LogP contribution in [0.5, 0.6) is 0 Å². The summed E-state index contributed by atoms with van der Waals surface area (Å²) in [6.45, 7) is 1.51. The number of anilines is 2. The maximum atomic E-state index is 11.1. The lowest BCUT2D eigenvalue weighted by atomic mass is 10.1. The smallest absolute Gasteiger partial charge is 0.221 e. The van der Waals surface area contributed by atoms with E-state index in [1.807, 2.05) is 60.7 Å². The summed E-state index contributed by atoms with van der Waals surface area (Å²) in [6, 6.07) is 24.0. The quantitative estimate of drug-likeness (QED) is 0.293. The summed E-state index contributed by atoms with van der Waals surface area (Å²) in [7, 11) is 0. The Balaban J connectivity index is 0.000000159. The molecule has 0 heterocycles. The van der Waals surface area contributed by atoms with E-state index in [0.29, 0.717) is 0 Å². The lowest BCUT2D eigenvalue weighted by Gasteiger charge is -2.09. The molecule has 0 atom stereocenters. The van der Waals surface area contributed by atoms with E-state index in [-0.39, 0.29) is 5.91 Å². The van der Waals surface area contributed by atoms with Crippen LogP contribution in [0, 0.1) is 0 Å². The van der Waals surface area contributed by atoms with Crippen LogP contribution in [0.4, 0.5) is 11.4 Å². The molecular weight excluding hydrogens is 468 g/mol. The fraction of sp³-hybridized carbons (Fsp3) is 0.0455. The molecule has 3 N–H and O–H groups in total. The van der Waals surface area contributed by atoms with Gasteiger partial charge in [0.05, 0.1) is 11.4 Å². The summed E-state index contributed by atoms with van der Waals surface area (Å²) in [4.78, 5) is 11.1. The lowest BCUT2D eigenvalue weighted by molar-refractivity contribution is -0.114. The zero-order valence-electron chi connectivity index (χ0n) is 14.7. The third-order valence-electron chi connectivity index (χ3n) is 4.10. The molecule has 0 fully saturated rings. The first-order valence-corrected chi connectivity index (χ1v) is 9.93. The van der Waals surface area contributed by atoms with E-state index in [4.69, 9.17) is 5.73 Å². The number of benzene rings is 4. The Morgan fingerprint density at radius 1 is 0.778 bits per heavy atom. The molecule has 136 valence electrons. The van der Waals surface area contributed by atoms with Gasteiger partial charge in [0.2, 0.25) is 5.91 Å². The number of nitrogens with one attached hydrogen (secondary N) is 1. The Kier molecular flexibility index (Phi) is 6.14. The summed E-state index contributed by atoms with van der Waals surface area (Å²) >= 11 is 6.82. The second-order valence-electron chi connectivity index (χ2n) is 6.01. The van der Waals surface area contributed by atoms with Crippen LogP contribution in [0.3, 0.4) is 0 Å². The van der Waals surface area contributed by atoms with Crippen molar-refractivity contribution >= 4 is 70.7 Å². The highest BCUT2D eigenvalue weighted by atomic mass is 79.9. The van der Waals surface area contributed by atoms with Crippen molar-refractivity contribution in [2.75, 3.05) is 11.1 Å². The summed E-state index contributed by atoms with van der Waals surface area (Å²) in [6.07, 6.45) is 0. The van der Waals surface area contributed by atoms with Crippen LogP contribution >= 0.6 is 31.9 Å². The molecule has 4 rings (SSSR count). The van der Waals surface area contributed by atoms with Gasteiger partial charge in [-0.15, -0.1) is 0 Å². The Bertz CT molecular complexity index is 1130. The molecule has 0 bridgehead atoms. The Morgan fingerprint density at radius 3 is 1.93 bits per heavy atom. The third kappa shape index (κ3) is 4.49. The number of carbonyl (C=O) groups excluding carboxylic acids is 1. The minimum absolute atomic E-state index is 0.0629. The second kappa shape index (κ2) is 8.55. The molecule has 1 amide bonds. The molecule has 3 nitrogen and oxygen atoms in total. The van der Waals surface area contributed by atoms with E-state index in [1.54, 1.807) is 0 Å². The Hall–Kier alpha value is -2.37. The molecule has 0 radical (unpaired) electrons. The molecule has 0 aliphatic rings. The number of nitrogen functional groups attached to an aromatic ring is 1. The van der Waals surface area contributed by atoms with Crippen molar-refractivity contribution in [1.29, 1.82) is 0 Å². The molecule has 0 spiro atoms. The van der Waals surface area contributed by atoms with Gasteiger partial charge in [0.1, 0.15) is 0 Å². The van der Waals surface area contributed by atoms with E-state index in [9.17, 15) is 4.79 Å². The van der Waals surface area contributed by atoms with Crippen LogP contribution in [0.25, 0.3) is 21.5 Å². The van der Waals surface area contributed by atoms with Crippen molar-refractivity contribution in [3.8, 4) is 0 Å². The number of rotatable bonds is 1. The first-order valence-electron chi connectivity index (χ1n) is 8.35. The normalized spacial score (nSPS) is 10.3. The van der Waals surface area contributed by atoms with Crippen LogP contribution in [-0.2, 0) is 4.79 Å². The highest BCUT2D eigenvalue weighted by Crippen LogP contribution is 2.31. The first-order chi connectivity index (χ1) is 13.0. The molecule has 0 aliphatic carbocycles. The molecule has 4 aromatic rings. The van der Waals surface area contributed by atoms with Crippen LogP contribution in [-0.4, -0.2) is 5.91 Å². The van der Waals surface area contributed by atoms with Gasteiger partial charge in [-0.05, 0) is 54.8 Å². The van der Waals surface area contributed by atoms with Crippen molar-refractivity contribution in [3.05, 3.63) is 81.7 Å². The first kappa shape index (κ1) is 19.4. The van der Waals surface area contributed by atoms with Crippen molar-refractivity contribution in [2.24, 2.45) is 0 Å². The molecule has 27 heavy (non-hydrogen) atoms. The van der Waals surface area contributed by atoms with E-state index >= 15 is 0 Å². The van der Waals surface area contributed by atoms with E-state index in [2.05, 4.69) is 49.3 Å². The fourth-order valence-electron chi connectivity index (χ4n) is 2.82. The average Bonchev–Trinajstić information content (AvgIpc) is 2.68. The van der Waals surface area contributed by atoms with E-state index in [0.717, 1.165) is 36.5 Å². The molecule has 0 aromatic heterocycles. The van der Waals surface area contributed by atoms with Gasteiger partial charge in [-0.25, -0.2) is 0 Å². The SMILES string of the molecule is CC(=O)Nc1c(Br)ccc2ccccc12.Nc1c(Br)ccc2ccccc12. The maximum Gasteiger partial charge on any atom is 0.221 e. The highest BCUT2D eigenvalue weighted by Gasteiger charge is 2.06. The molecule has 0 unspecified atom stereocenters. The van der Waals surface area contributed by atoms with Gasteiger partial charge < -0.3 is 11.1 Å². The zero-order valence-corrected chi connectivity index (χ0v) is 17.8. The average molecular weight is 486 g/mol. The van der Waals surface area contributed by atoms with Gasteiger partial charge in [-0.2, -0.15) is 0 Å². The Morgan fingerprint density at radius 2 is 1.30 bits per heavy atom. The number of hydrogen-bond donors (Lipinski definition) is 2. The van der Waals surface area contributed by atoms with Gasteiger partial charge in [0.25, 0.3) is 0 Å². The van der Waals surface area contributed by atoms with Crippen LogP contribution in [0.15, 0.2) is 81.7 Å². The van der Waals surface area contributed by atoms with Crippen LogP contribution in [0.2, 0.25) is 0 Å². The topological polar surface area (TPSA) is 55.1 Å². The molecule has 0 saturated carbocycles. The molecule has 4 aromatic carbocycles. The number of carbonyl (C=O) groups is 1. The van der Waals surface area contributed by atoms with Crippen molar-refractivity contribution < 1.29 is 4.79 Å². The number of fused-ring (bicyclic) bond motifs is 2. The number of amides is 1. The number of nitrogens with two attached hydrogens (primary N) is 1. The molecular formula is C22H18Br2N2O. The summed E-state index contributed by atoms with van der Waals surface area (Å²) in [5.74, 6) is -0.0629. The van der Waals surface area contributed by atoms with Gasteiger partial charge in [-0.1, -0.05) is 60.7 Å². The summed E-state index contributed by atoms with van der Waals surface area (Å²) < 4.78 is 1.86. The monoisotopic (exact) mass is 484 g/mol. The largest absolute Gasteiger partial charge is 0.397 e. The number of hydrogen-bond acceptors (Lipinski definition) is 2. The maximum absolute atomic E-state index is 11.1. The predicted octanol–water partition coefficient (Wildman–Crippen LogP) is 6.75. The van der Waals surface area contributed by atoms with Gasteiger partial charge in [0.15, 0.2) is 0 Å².